The molecule has 1 aliphatic carbocycles. The average molecular weight is 461 g/mol. The Morgan fingerprint density at radius 2 is 1.53 bits per heavy atom. The molecule has 1 fully saturated rings. The number of nitrogens with one attached hydrogen (secondary N) is 1. The monoisotopic (exact) mass is 460 g/mol. The van der Waals surface area contributed by atoms with E-state index in [-0.39, 0.29) is 29.2 Å². The molecule has 0 bridgehead atoms. The molecule has 7 heteroatoms. The highest BCUT2D eigenvalue weighted by Gasteiger charge is 2.47. The summed E-state index contributed by atoms with van der Waals surface area (Å²) in [6.45, 7) is 3.58. The minimum absolute atomic E-state index is 0.169. The van der Waals surface area contributed by atoms with Gasteiger partial charge >= 0.3 is 5.97 Å². The Morgan fingerprint density at radius 3 is 2.12 bits per heavy atom. The van der Waals surface area contributed by atoms with E-state index >= 15 is 0 Å². The lowest BCUT2D eigenvalue weighted by molar-refractivity contribution is -0.122. The van der Waals surface area contributed by atoms with Crippen molar-refractivity contribution in [3.8, 4) is 0 Å². The lowest BCUT2D eigenvalue weighted by Gasteiger charge is -2.16. The van der Waals surface area contributed by atoms with Gasteiger partial charge in [-0.15, -0.1) is 0 Å². The number of amides is 3. The number of carbonyl (C=O) groups is 4. The fourth-order valence-electron chi connectivity index (χ4n) is 4.62. The zero-order valence-corrected chi connectivity index (χ0v) is 19.4. The summed E-state index contributed by atoms with van der Waals surface area (Å²) in [6.07, 6.45) is 6.48. The number of para-hydroxylation sites is 1. The number of allylic oxidation sites excluding steroid dienone is 2. The van der Waals surface area contributed by atoms with Crippen molar-refractivity contribution >= 4 is 35.1 Å². The third-order valence-corrected chi connectivity index (χ3v) is 6.45. The Hall–Kier alpha value is -3.74. The largest absolute Gasteiger partial charge is 0.452 e. The van der Waals surface area contributed by atoms with Gasteiger partial charge in [-0.25, -0.2) is 4.79 Å². The molecule has 1 N–H and O–H groups in total. The highest BCUT2D eigenvalue weighted by Crippen LogP contribution is 2.37. The fraction of sp³-hybridized carbons (Fsp3) is 0.333. The van der Waals surface area contributed by atoms with Crippen LogP contribution in [0.25, 0.3) is 0 Å². The normalized spacial score (nSPS) is 19.2. The minimum atomic E-state index is -0.699. The molecule has 176 valence electrons. The predicted octanol–water partition coefficient (Wildman–Crippen LogP) is 4.06. The number of ether oxygens (including phenoxy) is 1. The van der Waals surface area contributed by atoms with Gasteiger partial charge < -0.3 is 10.1 Å². The van der Waals surface area contributed by atoms with Crippen LogP contribution in [0.2, 0.25) is 0 Å². The zero-order valence-electron chi connectivity index (χ0n) is 19.4. The number of imide groups is 1. The summed E-state index contributed by atoms with van der Waals surface area (Å²) in [6, 6.07) is 12.1. The van der Waals surface area contributed by atoms with Gasteiger partial charge in [-0.3, -0.25) is 19.3 Å². The van der Waals surface area contributed by atoms with Gasteiger partial charge in [0.25, 0.3) is 5.91 Å². The SMILES string of the molecule is CCc1cccc(CC)c1NC(=O)COC(=O)c1cccc(N2C(=O)[C@H]3CC=CC[C@@H]3C2=O)c1. The quantitative estimate of drug-likeness (QED) is 0.382. The highest BCUT2D eigenvalue weighted by molar-refractivity contribution is 6.22. The van der Waals surface area contributed by atoms with Crippen molar-refractivity contribution in [2.75, 3.05) is 16.8 Å². The Bertz CT molecular complexity index is 1120. The lowest BCUT2D eigenvalue weighted by Crippen LogP contribution is -2.31. The maximum absolute atomic E-state index is 12.8. The van der Waals surface area contributed by atoms with Gasteiger partial charge in [0.2, 0.25) is 11.8 Å². The molecule has 4 rings (SSSR count). The minimum Gasteiger partial charge on any atom is -0.452 e. The van der Waals surface area contributed by atoms with Crippen LogP contribution in [0.5, 0.6) is 0 Å². The number of rotatable bonds is 7. The van der Waals surface area contributed by atoms with E-state index in [0.29, 0.717) is 18.5 Å². The van der Waals surface area contributed by atoms with E-state index in [0.717, 1.165) is 29.7 Å². The molecule has 0 spiro atoms. The fourth-order valence-corrected chi connectivity index (χ4v) is 4.62. The zero-order chi connectivity index (χ0) is 24.2. The second kappa shape index (κ2) is 10.0. The molecular weight excluding hydrogens is 432 g/mol. The Labute approximate surface area is 198 Å². The molecule has 1 heterocycles. The molecule has 2 aromatic rings. The van der Waals surface area contributed by atoms with E-state index in [4.69, 9.17) is 4.74 Å². The maximum atomic E-state index is 12.8. The van der Waals surface area contributed by atoms with Crippen molar-refractivity contribution in [3.05, 3.63) is 71.3 Å². The Kier molecular flexibility index (Phi) is 6.91. The number of hydrogen-bond donors (Lipinski definition) is 1. The van der Waals surface area contributed by atoms with Gasteiger partial charge in [0, 0.05) is 5.69 Å². The van der Waals surface area contributed by atoms with Crippen molar-refractivity contribution in [1.29, 1.82) is 0 Å². The van der Waals surface area contributed by atoms with E-state index in [9.17, 15) is 19.2 Å². The number of aryl methyl sites for hydroxylation is 2. The summed E-state index contributed by atoms with van der Waals surface area (Å²) >= 11 is 0. The molecule has 34 heavy (non-hydrogen) atoms. The first kappa shape index (κ1) is 23.4. The van der Waals surface area contributed by atoms with Gasteiger partial charge in [-0.05, 0) is 55.0 Å². The van der Waals surface area contributed by atoms with Crippen LogP contribution in [0.15, 0.2) is 54.6 Å². The van der Waals surface area contributed by atoms with E-state index in [2.05, 4.69) is 5.32 Å². The van der Waals surface area contributed by atoms with Gasteiger partial charge in [-0.2, -0.15) is 0 Å². The lowest BCUT2D eigenvalue weighted by atomic mass is 9.85. The number of hydrogen-bond acceptors (Lipinski definition) is 5. The summed E-state index contributed by atoms with van der Waals surface area (Å²) in [5.74, 6) is -2.32. The van der Waals surface area contributed by atoms with E-state index < -0.39 is 18.5 Å². The summed E-state index contributed by atoms with van der Waals surface area (Å²) in [4.78, 5) is 51.9. The molecule has 0 saturated carbocycles. The molecule has 3 amide bonds. The maximum Gasteiger partial charge on any atom is 0.338 e. The first-order chi connectivity index (χ1) is 16.4. The molecule has 2 aromatic carbocycles. The molecule has 7 nitrogen and oxygen atoms in total. The molecular formula is C27H28N2O5. The Morgan fingerprint density at radius 1 is 0.941 bits per heavy atom. The van der Waals surface area contributed by atoms with Crippen LogP contribution in [-0.4, -0.2) is 30.3 Å². The molecule has 1 saturated heterocycles. The molecule has 0 unspecified atom stereocenters. The summed E-state index contributed by atoms with van der Waals surface area (Å²) in [5, 5.41) is 2.86. The number of benzene rings is 2. The van der Waals surface area contributed by atoms with Crippen LogP contribution in [0.4, 0.5) is 11.4 Å². The topological polar surface area (TPSA) is 92.8 Å². The summed E-state index contributed by atoms with van der Waals surface area (Å²) < 4.78 is 5.23. The van der Waals surface area contributed by atoms with Crippen LogP contribution >= 0.6 is 0 Å². The summed E-state index contributed by atoms with van der Waals surface area (Å²) in [7, 11) is 0. The van der Waals surface area contributed by atoms with Crippen molar-refractivity contribution in [2.45, 2.75) is 39.5 Å². The average Bonchev–Trinajstić information content (AvgIpc) is 3.12. The predicted molar refractivity (Wildman–Crippen MR) is 128 cm³/mol. The van der Waals surface area contributed by atoms with E-state index in [1.807, 2.05) is 44.2 Å². The van der Waals surface area contributed by atoms with Crippen LogP contribution in [0.1, 0.15) is 48.2 Å². The van der Waals surface area contributed by atoms with Crippen LogP contribution in [0.3, 0.4) is 0 Å². The molecule has 0 aromatic heterocycles. The smallest absolute Gasteiger partial charge is 0.338 e. The standard InChI is InChI=1S/C27H28N2O5/c1-3-17-9-7-10-18(4-2)24(17)28-23(30)16-34-27(33)19-11-8-12-20(15-19)29-25(31)21-13-5-6-14-22(21)26(29)32/h5-12,15,21-22H,3-4,13-14,16H2,1-2H3,(H,28,30)/t21-,22-/m0/s1. The van der Waals surface area contributed by atoms with E-state index in [1.54, 1.807) is 12.1 Å². The molecule has 1 aliphatic heterocycles. The number of nitrogens with zero attached hydrogens (tertiary/aromatic N) is 1. The van der Waals surface area contributed by atoms with Crippen molar-refractivity contribution < 1.29 is 23.9 Å². The van der Waals surface area contributed by atoms with Crippen molar-refractivity contribution in [3.63, 3.8) is 0 Å². The third kappa shape index (κ3) is 4.51. The number of esters is 1. The second-order valence-electron chi connectivity index (χ2n) is 8.50. The Balaban J connectivity index is 1.42. The molecule has 2 aliphatic rings. The highest BCUT2D eigenvalue weighted by atomic mass is 16.5. The van der Waals surface area contributed by atoms with Gasteiger partial charge in [0.15, 0.2) is 6.61 Å². The van der Waals surface area contributed by atoms with E-state index in [1.165, 1.54) is 17.0 Å². The number of anilines is 2. The van der Waals surface area contributed by atoms with Gasteiger partial charge in [-0.1, -0.05) is 50.3 Å². The van der Waals surface area contributed by atoms with Gasteiger partial charge in [0.1, 0.15) is 0 Å². The second-order valence-corrected chi connectivity index (χ2v) is 8.50. The van der Waals surface area contributed by atoms with Crippen LogP contribution in [0, 0.1) is 11.8 Å². The number of fused-ring (bicyclic) bond motifs is 1. The third-order valence-electron chi connectivity index (χ3n) is 6.45. The van der Waals surface area contributed by atoms with Crippen molar-refractivity contribution in [2.24, 2.45) is 11.8 Å². The van der Waals surface area contributed by atoms with Crippen molar-refractivity contribution in [1.82, 2.24) is 0 Å². The first-order valence-electron chi connectivity index (χ1n) is 11.6. The van der Waals surface area contributed by atoms with Crippen LogP contribution < -0.4 is 10.2 Å². The summed E-state index contributed by atoms with van der Waals surface area (Å²) in [5.41, 5.74) is 3.30. The molecule has 2 atom stereocenters. The molecule has 0 radical (unpaired) electrons. The van der Waals surface area contributed by atoms with Gasteiger partial charge in [0.05, 0.1) is 23.1 Å². The first-order valence-corrected chi connectivity index (χ1v) is 11.6. The van der Waals surface area contributed by atoms with Crippen LogP contribution in [-0.2, 0) is 32.0 Å². The number of carbonyl (C=O) groups excluding carboxylic acids is 4.